The molecular weight excluding hydrogens is 212 g/mol. The Kier molecular flexibility index (Phi) is 4.26. The lowest BCUT2D eigenvalue weighted by Crippen LogP contribution is -2.38. The van der Waals surface area contributed by atoms with Crippen LogP contribution in [-0.4, -0.2) is 37.7 Å². The number of ether oxygens (including phenoxy) is 1. The summed E-state index contributed by atoms with van der Waals surface area (Å²) in [5, 5.41) is 3.28. The molecule has 0 spiro atoms. The van der Waals surface area contributed by atoms with Crippen LogP contribution >= 0.6 is 0 Å². The van der Waals surface area contributed by atoms with E-state index in [2.05, 4.69) is 36.3 Å². The second-order valence-electron chi connectivity index (χ2n) is 4.70. The maximum absolute atomic E-state index is 5.99. The van der Waals surface area contributed by atoms with Crippen molar-refractivity contribution >= 4 is 5.69 Å². The summed E-state index contributed by atoms with van der Waals surface area (Å²) in [6, 6.07) is 8.25. The average Bonchev–Trinajstić information content (AvgIpc) is 2.32. The van der Waals surface area contributed by atoms with Crippen molar-refractivity contribution in [1.82, 2.24) is 4.90 Å². The first kappa shape index (κ1) is 12.2. The first-order valence-electron chi connectivity index (χ1n) is 6.47. The molecule has 0 bridgehead atoms. The third-order valence-corrected chi connectivity index (χ3v) is 3.12. The van der Waals surface area contributed by atoms with Gasteiger partial charge in [-0.1, -0.05) is 0 Å². The number of piperidine rings is 1. The first-order chi connectivity index (χ1) is 8.28. The maximum Gasteiger partial charge on any atom is 0.119 e. The molecule has 2 rings (SSSR count). The van der Waals surface area contributed by atoms with Crippen molar-refractivity contribution in [2.75, 3.05) is 32.0 Å². The largest absolute Gasteiger partial charge is 0.489 e. The summed E-state index contributed by atoms with van der Waals surface area (Å²) in [5.74, 6) is 0.979. The van der Waals surface area contributed by atoms with Gasteiger partial charge in [0, 0.05) is 18.8 Å². The number of likely N-dealkylation sites (N-methyl/N-ethyl adjacent to an activating group) is 1. The number of hydrogen-bond donors (Lipinski definition) is 1. The molecule has 17 heavy (non-hydrogen) atoms. The van der Waals surface area contributed by atoms with Crippen LogP contribution in [0, 0.1) is 0 Å². The van der Waals surface area contributed by atoms with Crippen molar-refractivity contribution < 1.29 is 4.74 Å². The Labute approximate surface area is 104 Å². The molecule has 1 saturated heterocycles. The van der Waals surface area contributed by atoms with E-state index < -0.39 is 0 Å². The van der Waals surface area contributed by atoms with E-state index in [4.69, 9.17) is 4.74 Å². The summed E-state index contributed by atoms with van der Waals surface area (Å²) in [7, 11) is 2.16. The summed E-state index contributed by atoms with van der Waals surface area (Å²) < 4.78 is 5.99. The van der Waals surface area contributed by atoms with Crippen LogP contribution in [0.5, 0.6) is 5.75 Å². The van der Waals surface area contributed by atoms with Crippen LogP contribution in [0.2, 0.25) is 0 Å². The van der Waals surface area contributed by atoms with Crippen molar-refractivity contribution in [1.29, 1.82) is 0 Å². The van der Waals surface area contributed by atoms with Gasteiger partial charge in [0.15, 0.2) is 0 Å². The molecule has 3 heteroatoms. The molecule has 1 N–H and O–H groups in total. The van der Waals surface area contributed by atoms with Gasteiger partial charge in [-0.3, -0.25) is 0 Å². The van der Waals surface area contributed by atoms with Gasteiger partial charge in [0.25, 0.3) is 0 Å². The fraction of sp³-hybridized carbons (Fsp3) is 0.571. The normalized spacial score (nSPS) is 21.2. The minimum Gasteiger partial charge on any atom is -0.489 e. The van der Waals surface area contributed by atoms with Crippen molar-refractivity contribution in [2.45, 2.75) is 25.9 Å². The number of likely N-dealkylation sites (tertiary alicyclic amines) is 1. The number of anilines is 1. The molecule has 3 nitrogen and oxygen atoms in total. The van der Waals surface area contributed by atoms with Gasteiger partial charge < -0.3 is 15.0 Å². The van der Waals surface area contributed by atoms with E-state index >= 15 is 0 Å². The zero-order valence-electron chi connectivity index (χ0n) is 10.8. The molecule has 1 fully saturated rings. The Bertz CT molecular complexity index is 337. The molecule has 1 aromatic rings. The van der Waals surface area contributed by atoms with Crippen LogP contribution in [0.4, 0.5) is 5.69 Å². The quantitative estimate of drug-likeness (QED) is 0.866. The SMILES string of the molecule is CCNc1ccc(OC2CCCN(C)C2)cc1. The van der Waals surface area contributed by atoms with Crippen LogP contribution in [-0.2, 0) is 0 Å². The van der Waals surface area contributed by atoms with Crippen molar-refractivity contribution in [3.63, 3.8) is 0 Å². The highest BCUT2D eigenvalue weighted by Gasteiger charge is 2.18. The molecule has 1 heterocycles. The number of benzene rings is 1. The average molecular weight is 234 g/mol. The molecule has 1 unspecified atom stereocenters. The van der Waals surface area contributed by atoms with Crippen LogP contribution in [0.25, 0.3) is 0 Å². The van der Waals surface area contributed by atoms with E-state index in [1.165, 1.54) is 19.4 Å². The zero-order chi connectivity index (χ0) is 12.1. The Morgan fingerprint density at radius 1 is 1.35 bits per heavy atom. The molecule has 1 atom stereocenters. The van der Waals surface area contributed by atoms with E-state index in [0.29, 0.717) is 6.10 Å². The molecule has 0 aromatic heterocycles. The van der Waals surface area contributed by atoms with Crippen LogP contribution in [0.3, 0.4) is 0 Å². The minimum absolute atomic E-state index is 0.346. The molecule has 94 valence electrons. The van der Waals surface area contributed by atoms with Crippen molar-refractivity contribution in [3.05, 3.63) is 24.3 Å². The van der Waals surface area contributed by atoms with E-state index in [1.54, 1.807) is 0 Å². The number of nitrogens with zero attached hydrogens (tertiary/aromatic N) is 1. The second kappa shape index (κ2) is 5.92. The smallest absolute Gasteiger partial charge is 0.119 e. The topological polar surface area (TPSA) is 24.5 Å². The van der Waals surface area contributed by atoms with Gasteiger partial charge in [0.2, 0.25) is 0 Å². The molecule has 1 aliphatic heterocycles. The third-order valence-electron chi connectivity index (χ3n) is 3.12. The van der Waals surface area contributed by atoms with E-state index in [1.807, 2.05) is 12.1 Å². The molecule has 0 amide bonds. The monoisotopic (exact) mass is 234 g/mol. The lowest BCUT2D eigenvalue weighted by Gasteiger charge is -2.30. The Morgan fingerprint density at radius 2 is 2.12 bits per heavy atom. The van der Waals surface area contributed by atoms with Gasteiger partial charge in [-0.2, -0.15) is 0 Å². The van der Waals surface area contributed by atoms with Crippen LogP contribution < -0.4 is 10.1 Å². The van der Waals surface area contributed by atoms with Crippen LogP contribution in [0.15, 0.2) is 24.3 Å². The predicted molar refractivity (Wildman–Crippen MR) is 71.8 cm³/mol. The van der Waals surface area contributed by atoms with E-state index in [9.17, 15) is 0 Å². The maximum atomic E-state index is 5.99. The number of nitrogens with one attached hydrogen (secondary N) is 1. The standard InChI is InChI=1S/C14H22N2O/c1-3-15-12-6-8-13(9-7-12)17-14-5-4-10-16(2)11-14/h6-9,14-15H,3-5,10-11H2,1-2H3. The summed E-state index contributed by atoms with van der Waals surface area (Å²) in [5.41, 5.74) is 1.15. The molecule has 0 radical (unpaired) electrons. The Hall–Kier alpha value is -1.22. The van der Waals surface area contributed by atoms with Gasteiger partial charge in [-0.25, -0.2) is 0 Å². The lowest BCUT2D eigenvalue weighted by atomic mass is 10.1. The summed E-state index contributed by atoms with van der Waals surface area (Å²) in [6.45, 7) is 5.28. The predicted octanol–water partition coefficient (Wildman–Crippen LogP) is 2.59. The van der Waals surface area contributed by atoms with Gasteiger partial charge in [0.05, 0.1) is 0 Å². The number of hydrogen-bond acceptors (Lipinski definition) is 3. The summed E-state index contributed by atoms with van der Waals surface area (Å²) >= 11 is 0. The minimum atomic E-state index is 0.346. The van der Waals surface area contributed by atoms with Crippen molar-refractivity contribution in [3.8, 4) is 5.75 Å². The Balaban J connectivity index is 1.89. The molecule has 1 aliphatic rings. The van der Waals surface area contributed by atoms with Crippen LogP contribution in [0.1, 0.15) is 19.8 Å². The highest BCUT2D eigenvalue weighted by atomic mass is 16.5. The van der Waals surface area contributed by atoms with Gasteiger partial charge in [-0.15, -0.1) is 0 Å². The molecule has 1 aromatic carbocycles. The zero-order valence-corrected chi connectivity index (χ0v) is 10.8. The first-order valence-corrected chi connectivity index (χ1v) is 6.47. The van der Waals surface area contributed by atoms with Gasteiger partial charge in [-0.05, 0) is 57.6 Å². The highest BCUT2D eigenvalue weighted by Crippen LogP contribution is 2.20. The molecule has 0 aliphatic carbocycles. The summed E-state index contributed by atoms with van der Waals surface area (Å²) in [4.78, 5) is 2.33. The summed E-state index contributed by atoms with van der Waals surface area (Å²) in [6.07, 6.45) is 2.74. The molecular formula is C14H22N2O. The number of rotatable bonds is 4. The van der Waals surface area contributed by atoms with E-state index in [0.717, 1.165) is 24.5 Å². The van der Waals surface area contributed by atoms with E-state index in [-0.39, 0.29) is 0 Å². The fourth-order valence-electron chi connectivity index (χ4n) is 2.26. The van der Waals surface area contributed by atoms with Gasteiger partial charge in [0.1, 0.15) is 11.9 Å². The lowest BCUT2D eigenvalue weighted by molar-refractivity contribution is 0.104. The highest BCUT2D eigenvalue weighted by molar-refractivity contribution is 5.46. The third kappa shape index (κ3) is 3.63. The van der Waals surface area contributed by atoms with Crippen molar-refractivity contribution in [2.24, 2.45) is 0 Å². The second-order valence-corrected chi connectivity index (χ2v) is 4.70. The Morgan fingerprint density at radius 3 is 2.76 bits per heavy atom. The molecule has 0 saturated carbocycles. The fourth-order valence-corrected chi connectivity index (χ4v) is 2.26. The van der Waals surface area contributed by atoms with Gasteiger partial charge >= 0.3 is 0 Å².